The second-order valence-electron chi connectivity index (χ2n) is 11.0. The van der Waals surface area contributed by atoms with Crippen LogP contribution in [-0.4, -0.2) is 58.5 Å². The van der Waals surface area contributed by atoms with E-state index in [1.807, 2.05) is 24.0 Å². The zero-order valence-electron chi connectivity index (χ0n) is 20.8. The molecule has 5 rings (SSSR count). The van der Waals surface area contributed by atoms with Crippen LogP contribution in [0.25, 0.3) is 0 Å². The number of aromatic nitrogens is 2. The number of rotatable bonds is 4. The van der Waals surface area contributed by atoms with Gasteiger partial charge in [0.25, 0.3) is 0 Å². The van der Waals surface area contributed by atoms with Crippen LogP contribution in [0.3, 0.4) is 0 Å². The average Bonchev–Trinajstić information content (AvgIpc) is 3.37. The predicted molar refractivity (Wildman–Crippen MR) is 132 cm³/mol. The van der Waals surface area contributed by atoms with Crippen molar-refractivity contribution in [3.05, 3.63) is 52.7 Å². The summed E-state index contributed by atoms with van der Waals surface area (Å²) >= 11 is 0. The number of aryl methyl sites for hydroxylation is 2. The molecule has 2 aliphatic heterocycles. The van der Waals surface area contributed by atoms with Crippen molar-refractivity contribution < 1.29 is 9.18 Å². The highest BCUT2D eigenvalue weighted by molar-refractivity contribution is 5.85. The molecule has 6 nitrogen and oxygen atoms in total. The Morgan fingerprint density at radius 2 is 1.94 bits per heavy atom. The number of hydrogen-bond donors (Lipinski definition) is 1. The van der Waals surface area contributed by atoms with Crippen molar-refractivity contribution in [1.82, 2.24) is 20.2 Å². The van der Waals surface area contributed by atoms with Crippen LogP contribution in [0.1, 0.15) is 74.3 Å². The van der Waals surface area contributed by atoms with E-state index in [9.17, 15) is 4.79 Å². The van der Waals surface area contributed by atoms with E-state index in [4.69, 9.17) is 0 Å². The molecule has 1 N–H and O–H groups in total. The zero-order chi connectivity index (χ0) is 24.0. The SMILES string of the molecule is Cc1ccc(C(C(=O)N2CCN(c3ncnc4c3C(C)CC4)CC2)[C@@H]2CCC(C)(C)N2)c(F)c1. The highest BCUT2D eigenvalue weighted by Gasteiger charge is 2.42. The van der Waals surface area contributed by atoms with Crippen molar-refractivity contribution in [2.24, 2.45) is 0 Å². The number of benzene rings is 1. The number of fused-ring (bicyclic) bond motifs is 1. The fourth-order valence-electron chi connectivity index (χ4n) is 6.03. The Hall–Kier alpha value is -2.54. The molecular weight excluding hydrogens is 429 g/mol. The zero-order valence-corrected chi connectivity index (χ0v) is 20.8. The molecule has 1 amide bonds. The molecule has 3 heterocycles. The second-order valence-corrected chi connectivity index (χ2v) is 11.0. The molecule has 0 saturated carbocycles. The minimum atomic E-state index is -0.516. The third-order valence-electron chi connectivity index (χ3n) is 7.96. The summed E-state index contributed by atoms with van der Waals surface area (Å²) in [5.41, 5.74) is 3.77. The van der Waals surface area contributed by atoms with Crippen molar-refractivity contribution >= 4 is 11.7 Å². The third kappa shape index (κ3) is 4.30. The molecule has 2 unspecified atom stereocenters. The third-order valence-corrected chi connectivity index (χ3v) is 7.96. The second kappa shape index (κ2) is 8.91. The van der Waals surface area contributed by atoms with Crippen LogP contribution in [0.5, 0.6) is 0 Å². The number of carbonyl (C=O) groups excluding carboxylic acids is 1. The first kappa shape index (κ1) is 23.2. The first-order valence-corrected chi connectivity index (χ1v) is 12.6. The summed E-state index contributed by atoms with van der Waals surface area (Å²) < 4.78 is 15.1. The van der Waals surface area contributed by atoms with Gasteiger partial charge in [-0.2, -0.15) is 0 Å². The van der Waals surface area contributed by atoms with Crippen LogP contribution in [0.15, 0.2) is 24.5 Å². The molecule has 182 valence electrons. The minimum absolute atomic E-state index is 0.0267. The van der Waals surface area contributed by atoms with Crippen molar-refractivity contribution in [2.75, 3.05) is 31.1 Å². The maximum Gasteiger partial charge on any atom is 0.231 e. The van der Waals surface area contributed by atoms with Gasteiger partial charge >= 0.3 is 0 Å². The average molecular weight is 466 g/mol. The van der Waals surface area contributed by atoms with Gasteiger partial charge in [0, 0.05) is 54.6 Å². The maximum absolute atomic E-state index is 15.1. The van der Waals surface area contributed by atoms with Crippen molar-refractivity contribution in [3.63, 3.8) is 0 Å². The van der Waals surface area contributed by atoms with Crippen molar-refractivity contribution in [2.45, 2.75) is 76.8 Å². The maximum atomic E-state index is 15.1. The van der Waals surface area contributed by atoms with Gasteiger partial charge < -0.3 is 15.1 Å². The van der Waals surface area contributed by atoms with E-state index in [0.717, 1.165) is 50.2 Å². The summed E-state index contributed by atoms with van der Waals surface area (Å²) in [5.74, 6) is 0.726. The van der Waals surface area contributed by atoms with Crippen LogP contribution < -0.4 is 10.2 Å². The first-order valence-electron chi connectivity index (χ1n) is 12.6. The molecule has 7 heteroatoms. The van der Waals surface area contributed by atoms with Crippen LogP contribution in [-0.2, 0) is 11.2 Å². The number of carbonyl (C=O) groups is 1. The monoisotopic (exact) mass is 465 g/mol. The molecule has 1 aliphatic carbocycles. The molecule has 2 fully saturated rings. The molecule has 3 atom stereocenters. The Kier molecular flexibility index (Phi) is 6.09. The molecule has 3 aliphatic rings. The smallest absolute Gasteiger partial charge is 0.231 e. The Morgan fingerprint density at radius 1 is 1.18 bits per heavy atom. The Morgan fingerprint density at radius 3 is 2.62 bits per heavy atom. The van der Waals surface area contributed by atoms with Gasteiger partial charge in [0.05, 0.1) is 5.92 Å². The standard InChI is InChI=1S/C27H36FN5O/c1-17-5-7-19(20(28)15-17)24(22-9-10-27(3,4)31-22)26(34)33-13-11-32(12-14-33)25-23-18(2)6-8-21(23)29-16-30-25/h5,7,15-16,18,22,24,31H,6,8-14H2,1-4H3/t18?,22-,24?/m0/s1. The van der Waals surface area contributed by atoms with Crippen molar-refractivity contribution in [3.8, 4) is 0 Å². The van der Waals surface area contributed by atoms with Gasteiger partial charge in [-0.3, -0.25) is 4.79 Å². The Bertz CT molecular complexity index is 1080. The van der Waals surface area contributed by atoms with E-state index in [1.54, 1.807) is 12.4 Å². The van der Waals surface area contributed by atoms with Crippen LogP contribution in [0.4, 0.5) is 10.2 Å². The van der Waals surface area contributed by atoms with Gasteiger partial charge in [-0.25, -0.2) is 14.4 Å². The Balaban J connectivity index is 1.36. The van der Waals surface area contributed by atoms with Gasteiger partial charge in [0.15, 0.2) is 0 Å². The number of hydrogen-bond acceptors (Lipinski definition) is 5. The van der Waals surface area contributed by atoms with Gasteiger partial charge in [-0.1, -0.05) is 19.1 Å². The molecular formula is C27H36FN5O. The fraction of sp³-hybridized carbons (Fsp3) is 0.593. The van der Waals surface area contributed by atoms with Gasteiger partial charge in [-0.05, 0) is 64.0 Å². The van der Waals surface area contributed by atoms with E-state index < -0.39 is 5.92 Å². The van der Waals surface area contributed by atoms with Crippen LogP contribution in [0, 0.1) is 12.7 Å². The van der Waals surface area contributed by atoms with E-state index in [0.29, 0.717) is 24.6 Å². The number of nitrogens with one attached hydrogen (secondary N) is 1. The summed E-state index contributed by atoms with van der Waals surface area (Å²) in [6, 6.07) is 5.20. The van der Waals surface area contributed by atoms with Crippen molar-refractivity contribution in [1.29, 1.82) is 0 Å². The summed E-state index contributed by atoms with van der Waals surface area (Å²) in [7, 11) is 0. The molecule has 1 aromatic carbocycles. The number of halogens is 1. The lowest BCUT2D eigenvalue weighted by atomic mass is 9.88. The van der Waals surface area contributed by atoms with E-state index in [2.05, 4.69) is 41.0 Å². The number of nitrogens with zero attached hydrogens (tertiary/aromatic N) is 4. The highest BCUT2D eigenvalue weighted by Crippen LogP contribution is 2.38. The largest absolute Gasteiger partial charge is 0.353 e. The molecule has 0 spiro atoms. The fourth-order valence-corrected chi connectivity index (χ4v) is 6.03. The van der Waals surface area contributed by atoms with Crippen LogP contribution in [0.2, 0.25) is 0 Å². The number of anilines is 1. The quantitative estimate of drug-likeness (QED) is 0.741. The summed E-state index contributed by atoms with van der Waals surface area (Å²) in [6.45, 7) is 11.1. The normalized spacial score (nSPS) is 24.9. The molecule has 1 aromatic heterocycles. The molecule has 34 heavy (non-hydrogen) atoms. The molecule has 0 radical (unpaired) electrons. The van der Waals surface area contributed by atoms with E-state index in [1.165, 1.54) is 11.3 Å². The van der Waals surface area contributed by atoms with Crippen LogP contribution >= 0.6 is 0 Å². The number of amides is 1. The van der Waals surface area contributed by atoms with Gasteiger partial charge in [0.1, 0.15) is 18.0 Å². The van der Waals surface area contributed by atoms with Gasteiger partial charge in [0.2, 0.25) is 5.91 Å². The molecule has 0 bridgehead atoms. The summed E-state index contributed by atoms with van der Waals surface area (Å²) in [5, 5.41) is 3.62. The molecule has 2 aromatic rings. The highest BCUT2D eigenvalue weighted by atomic mass is 19.1. The lowest BCUT2D eigenvalue weighted by Crippen LogP contribution is -2.53. The van der Waals surface area contributed by atoms with E-state index in [-0.39, 0.29) is 23.3 Å². The topological polar surface area (TPSA) is 61.4 Å². The number of piperazine rings is 1. The lowest BCUT2D eigenvalue weighted by Gasteiger charge is -2.39. The first-order chi connectivity index (χ1) is 16.2. The minimum Gasteiger partial charge on any atom is -0.353 e. The van der Waals surface area contributed by atoms with Gasteiger partial charge in [-0.15, -0.1) is 0 Å². The Labute approximate surface area is 202 Å². The van der Waals surface area contributed by atoms with E-state index >= 15 is 4.39 Å². The lowest BCUT2D eigenvalue weighted by molar-refractivity contribution is -0.133. The molecule has 2 saturated heterocycles. The summed E-state index contributed by atoms with van der Waals surface area (Å²) in [6.07, 6.45) is 5.64. The predicted octanol–water partition coefficient (Wildman–Crippen LogP) is 3.94. The summed E-state index contributed by atoms with van der Waals surface area (Å²) in [4.78, 5) is 27.2.